The summed E-state index contributed by atoms with van der Waals surface area (Å²) in [6.07, 6.45) is 1.10. The lowest BCUT2D eigenvalue weighted by molar-refractivity contribution is 1.26. The molecule has 1 aliphatic rings. The van der Waals surface area contributed by atoms with E-state index in [1.807, 2.05) is 96.9 Å². The minimum absolute atomic E-state index is 1.10. The van der Waals surface area contributed by atoms with Gasteiger partial charge in [-0.1, -0.05) is 321 Å². The molecule has 0 N–H and O–H groups in total. The van der Waals surface area contributed by atoms with Gasteiger partial charge in [-0.3, -0.25) is 0 Å². The van der Waals surface area contributed by atoms with Gasteiger partial charge in [-0.2, -0.15) is 0 Å². The quantitative estimate of drug-likeness (QED) is 0.144. The molecule has 11 rings (SSSR count). The Balaban J connectivity index is 0.000000431. The number of hydrogen-bond acceptors (Lipinski definition) is 0. The molecule has 10 aromatic rings. The molecular weight excluding hydrogens is 817 g/mol. The lowest BCUT2D eigenvalue weighted by Crippen LogP contribution is -1.88. The number of rotatable bonds is 1. The molecule has 0 saturated heterocycles. The van der Waals surface area contributed by atoms with Gasteiger partial charge in [0.05, 0.1) is 0 Å². The fourth-order valence-corrected chi connectivity index (χ4v) is 7.61. The van der Waals surface area contributed by atoms with Gasteiger partial charge in [0.2, 0.25) is 0 Å². The smallest absolute Gasteiger partial charge is 0.00135 e. The topological polar surface area (TPSA) is 0 Å². The van der Waals surface area contributed by atoms with Gasteiger partial charge in [0.25, 0.3) is 0 Å². The van der Waals surface area contributed by atoms with E-state index in [0.717, 1.165) is 6.42 Å². The van der Waals surface area contributed by atoms with Gasteiger partial charge in [-0.25, -0.2) is 0 Å². The summed E-state index contributed by atoms with van der Waals surface area (Å²) in [7, 11) is 0. The standard InChI is InChI=1S/C21H16.C13H10.2C10H8.7C2H6/c1-15-17-11-5-7-13-19(17)21(16-9-3-2-4-10-16)20-14-8-6-12-18(15)20;1-3-7-12-10(5-1)9-11-6-2-4-8-13(11)12;2*1-2-6-10-8-4-3-7-9(10)5-1;7*1-2/h2-14H,1H3;1-8H,9H2;2*1-8H;7*1-2H3. The van der Waals surface area contributed by atoms with E-state index in [1.54, 1.807) is 0 Å². The predicted molar refractivity (Wildman–Crippen MR) is 314 cm³/mol. The van der Waals surface area contributed by atoms with E-state index in [9.17, 15) is 0 Å². The molecule has 0 heteroatoms. The van der Waals surface area contributed by atoms with Gasteiger partial charge < -0.3 is 0 Å². The highest BCUT2D eigenvalue weighted by Gasteiger charge is 2.16. The molecule has 68 heavy (non-hydrogen) atoms. The lowest BCUT2D eigenvalue weighted by Gasteiger charge is -2.15. The normalized spacial score (nSPS) is 9.34. The second-order valence-electron chi connectivity index (χ2n) is 13.6. The molecule has 0 heterocycles. The molecule has 0 bridgehead atoms. The van der Waals surface area contributed by atoms with E-state index in [-0.39, 0.29) is 0 Å². The van der Waals surface area contributed by atoms with Crippen molar-refractivity contribution in [2.24, 2.45) is 0 Å². The van der Waals surface area contributed by atoms with Crippen LogP contribution in [0.5, 0.6) is 0 Å². The van der Waals surface area contributed by atoms with Crippen molar-refractivity contribution < 1.29 is 0 Å². The van der Waals surface area contributed by atoms with E-state index >= 15 is 0 Å². The molecule has 0 atom stereocenters. The number of benzene rings is 10. The van der Waals surface area contributed by atoms with E-state index in [4.69, 9.17) is 0 Å². The Morgan fingerprint density at radius 2 is 0.471 bits per heavy atom. The van der Waals surface area contributed by atoms with Gasteiger partial charge in [0.1, 0.15) is 0 Å². The highest BCUT2D eigenvalue weighted by molar-refractivity contribution is 6.14. The Morgan fingerprint density at radius 3 is 0.779 bits per heavy atom. The summed E-state index contributed by atoms with van der Waals surface area (Å²) in [6.45, 7) is 30.2. The van der Waals surface area contributed by atoms with Crippen molar-refractivity contribution in [2.45, 2.75) is 110 Å². The third-order valence-electron chi connectivity index (χ3n) is 10.3. The molecule has 0 unspecified atom stereocenters. The molecule has 1 aliphatic carbocycles. The second-order valence-corrected chi connectivity index (χ2v) is 13.6. The van der Waals surface area contributed by atoms with Gasteiger partial charge in [0.15, 0.2) is 0 Å². The van der Waals surface area contributed by atoms with Crippen LogP contribution in [0.3, 0.4) is 0 Å². The van der Waals surface area contributed by atoms with Crippen molar-refractivity contribution in [3.05, 3.63) is 241 Å². The van der Waals surface area contributed by atoms with E-state index in [2.05, 4.69) is 231 Å². The molecular formula is C68H84. The number of hydrogen-bond donors (Lipinski definition) is 0. The van der Waals surface area contributed by atoms with Crippen LogP contribution in [0.4, 0.5) is 0 Å². The Bertz CT molecular complexity index is 2510. The molecule has 0 nitrogen and oxygen atoms in total. The second kappa shape index (κ2) is 36.4. The van der Waals surface area contributed by atoms with Gasteiger partial charge in [0, 0.05) is 0 Å². The fourth-order valence-electron chi connectivity index (χ4n) is 7.61. The molecule has 0 fully saturated rings. The van der Waals surface area contributed by atoms with E-state index < -0.39 is 0 Å². The van der Waals surface area contributed by atoms with E-state index in [0.29, 0.717) is 0 Å². The number of fused-ring (bicyclic) bond motifs is 7. The summed E-state index contributed by atoms with van der Waals surface area (Å²) < 4.78 is 0. The maximum atomic E-state index is 2.23. The summed E-state index contributed by atoms with van der Waals surface area (Å²) in [5.41, 5.74) is 9.74. The minimum atomic E-state index is 1.10. The van der Waals surface area contributed by atoms with Crippen molar-refractivity contribution in [3.8, 4) is 22.3 Å². The van der Waals surface area contributed by atoms with Crippen LogP contribution >= 0.6 is 0 Å². The third-order valence-corrected chi connectivity index (χ3v) is 10.3. The van der Waals surface area contributed by atoms with Crippen LogP contribution in [0.15, 0.2) is 224 Å². The van der Waals surface area contributed by atoms with Crippen molar-refractivity contribution in [2.75, 3.05) is 0 Å². The van der Waals surface area contributed by atoms with E-state index in [1.165, 1.54) is 82.0 Å². The van der Waals surface area contributed by atoms with Crippen LogP contribution < -0.4 is 0 Å². The first-order chi connectivity index (χ1) is 33.7. The van der Waals surface area contributed by atoms with Crippen LogP contribution in [0.25, 0.3) is 65.3 Å². The average Bonchev–Trinajstić information content (AvgIpc) is 3.85. The Labute approximate surface area is 414 Å². The highest BCUT2D eigenvalue weighted by Crippen LogP contribution is 2.39. The molecule has 0 radical (unpaired) electrons. The average molecular weight is 901 g/mol. The van der Waals surface area contributed by atoms with Gasteiger partial charge in [-0.15, -0.1) is 0 Å². The molecule has 0 spiro atoms. The zero-order valence-corrected chi connectivity index (χ0v) is 44.6. The molecule has 0 amide bonds. The Kier molecular flexibility index (Phi) is 31.7. The Hall–Kier alpha value is -6.76. The molecule has 0 aliphatic heterocycles. The summed E-state index contributed by atoms with van der Waals surface area (Å²) in [5, 5.41) is 10.6. The summed E-state index contributed by atoms with van der Waals surface area (Å²) in [4.78, 5) is 0. The maximum absolute atomic E-state index is 2.23. The van der Waals surface area contributed by atoms with Gasteiger partial charge in [-0.05, 0) is 95.4 Å². The SMILES string of the molecule is CC.CC.CC.CC.CC.CC.CC.Cc1c2ccccc2c(-c2ccccc2)c2ccccc12.c1ccc2c(c1)Cc1ccccc1-2.c1ccc2ccccc2c1.c1ccc2ccccc2c1. The Morgan fingerprint density at radius 1 is 0.235 bits per heavy atom. The van der Waals surface area contributed by atoms with Crippen molar-refractivity contribution in [1.29, 1.82) is 0 Å². The van der Waals surface area contributed by atoms with Crippen LogP contribution in [0, 0.1) is 6.92 Å². The maximum Gasteiger partial charge on any atom is -0.00135 e. The zero-order chi connectivity index (χ0) is 50.5. The van der Waals surface area contributed by atoms with Crippen molar-refractivity contribution in [3.63, 3.8) is 0 Å². The molecule has 0 aromatic heterocycles. The molecule has 0 saturated carbocycles. The van der Waals surface area contributed by atoms with Crippen molar-refractivity contribution in [1.82, 2.24) is 0 Å². The predicted octanol–water partition coefficient (Wildman–Crippen LogP) is 22.1. The first kappa shape index (κ1) is 59.3. The van der Waals surface area contributed by atoms with Crippen LogP contribution in [-0.2, 0) is 6.42 Å². The monoisotopic (exact) mass is 901 g/mol. The van der Waals surface area contributed by atoms with Crippen molar-refractivity contribution >= 4 is 43.1 Å². The molecule has 10 aromatic carbocycles. The largest absolute Gasteiger partial charge is 0.0683 e. The van der Waals surface area contributed by atoms with Crippen LogP contribution in [0.2, 0.25) is 0 Å². The van der Waals surface area contributed by atoms with Crippen LogP contribution in [-0.4, -0.2) is 0 Å². The fraction of sp³-hybridized carbons (Fsp3) is 0.235. The van der Waals surface area contributed by atoms with Crippen LogP contribution in [0.1, 0.15) is 114 Å². The van der Waals surface area contributed by atoms with Gasteiger partial charge >= 0.3 is 0 Å². The summed E-state index contributed by atoms with van der Waals surface area (Å²) in [5.74, 6) is 0. The summed E-state index contributed by atoms with van der Waals surface area (Å²) >= 11 is 0. The molecule has 356 valence electrons. The number of aryl methyl sites for hydroxylation is 1. The minimum Gasteiger partial charge on any atom is -0.0683 e. The lowest BCUT2D eigenvalue weighted by atomic mass is 9.89. The first-order valence-corrected chi connectivity index (χ1v) is 25.7. The third kappa shape index (κ3) is 16.8. The zero-order valence-electron chi connectivity index (χ0n) is 44.6. The summed E-state index contributed by atoms with van der Waals surface area (Å²) in [6, 6.07) is 78.8. The first-order valence-electron chi connectivity index (χ1n) is 25.7. The highest BCUT2D eigenvalue weighted by atomic mass is 14.2.